The molecular formula is C36H32ClN3O2. The van der Waals surface area contributed by atoms with Gasteiger partial charge >= 0.3 is 0 Å². The highest BCUT2D eigenvalue weighted by Gasteiger charge is 2.32. The van der Waals surface area contributed by atoms with Crippen molar-refractivity contribution in [2.24, 2.45) is 5.92 Å². The van der Waals surface area contributed by atoms with Crippen LogP contribution >= 0.6 is 11.6 Å². The summed E-state index contributed by atoms with van der Waals surface area (Å²) in [7, 11) is 0. The molecule has 0 bridgehead atoms. The highest BCUT2D eigenvalue weighted by molar-refractivity contribution is 6.31. The summed E-state index contributed by atoms with van der Waals surface area (Å²) in [6.07, 6.45) is 6.32. The Bertz CT molecular complexity index is 1760. The second-order valence-electron chi connectivity index (χ2n) is 11.5. The molecule has 0 saturated carbocycles. The second kappa shape index (κ2) is 11.9. The molecular weight excluding hydrogens is 542 g/mol. The van der Waals surface area contributed by atoms with Crippen LogP contribution in [-0.4, -0.2) is 39.6 Å². The van der Waals surface area contributed by atoms with E-state index >= 15 is 0 Å². The Morgan fingerprint density at radius 2 is 1.62 bits per heavy atom. The molecule has 1 aliphatic heterocycles. The summed E-state index contributed by atoms with van der Waals surface area (Å²) in [5.74, 6) is 0.682. The van der Waals surface area contributed by atoms with E-state index in [0.29, 0.717) is 46.6 Å². The highest BCUT2D eigenvalue weighted by atomic mass is 35.5. The molecule has 6 rings (SSSR count). The van der Waals surface area contributed by atoms with Crippen LogP contribution in [0, 0.1) is 5.92 Å². The monoisotopic (exact) mass is 573 g/mol. The van der Waals surface area contributed by atoms with Crippen LogP contribution in [0.15, 0.2) is 97.5 Å². The number of pyridine rings is 2. The van der Waals surface area contributed by atoms with Crippen molar-refractivity contribution in [2.75, 3.05) is 13.1 Å². The number of amides is 1. The van der Waals surface area contributed by atoms with E-state index in [9.17, 15) is 9.59 Å². The summed E-state index contributed by atoms with van der Waals surface area (Å²) in [5, 5.41) is 2.77. The van der Waals surface area contributed by atoms with Crippen LogP contribution in [0.1, 0.15) is 57.3 Å². The third kappa shape index (κ3) is 5.97. The molecule has 0 atom stereocenters. The fourth-order valence-corrected chi connectivity index (χ4v) is 5.68. The number of hydrogen-bond donors (Lipinski definition) is 0. The number of aromatic nitrogens is 2. The van der Waals surface area contributed by atoms with Crippen LogP contribution in [0.3, 0.4) is 0 Å². The van der Waals surface area contributed by atoms with E-state index in [-0.39, 0.29) is 18.1 Å². The first-order valence-electron chi connectivity index (χ1n) is 14.3. The van der Waals surface area contributed by atoms with Crippen molar-refractivity contribution in [3.8, 4) is 11.1 Å². The lowest BCUT2D eigenvalue weighted by atomic mass is 9.89. The number of hydrogen-bond acceptors (Lipinski definition) is 4. The molecule has 0 radical (unpaired) electrons. The van der Waals surface area contributed by atoms with Gasteiger partial charge in [-0.2, -0.15) is 0 Å². The van der Waals surface area contributed by atoms with E-state index in [0.717, 1.165) is 23.1 Å². The summed E-state index contributed by atoms with van der Waals surface area (Å²) in [4.78, 5) is 36.7. The van der Waals surface area contributed by atoms with Crippen molar-refractivity contribution < 1.29 is 9.59 Å². The molecule has 3 aromatic carbocycles. The van der Waals surface area contributed by atoms with Crippen molar-refractivity contribution in [1.29, 1.82) is 0 Å². The maximum atomic E-state index is 13.3. The number of likely N-dealkylation sites (tertiary alicyclic amines) is 1. The Morgan fingerprint density at radius 1 is 0.857 bits per heavy atom. The Morgan fingerprint density at radius 3 is 2.36 bits per heavy atom. The van der Waals surface area contributed by atoms with Gasteiger partial charge in [0.15, 0.2) is 5.78 Å². The molecule has 0 N–H and O–H groups in total. The quantitative estimate of drug-likeness (QED) is 0.178. The summed E-state index contributed by atoms with van der Waals surface area (Å²) >= 11 is 6.44. The van der Waals surface area contributed by atoms with Crippen LogP contribution in [-0.2, 0) is 12.8 Å². The van der Waals surface area contributed by atoms with Crippen molar-refractivity contribution in [2.45, 2.75) is 32.6 Å². The Hall–Kier alpha value is -4.35. The molecule has 6 heteroatoms. The summed E-state index contributed by atoms with van der Waals surface area (Å²) < 4.78 is 0. The number of ketones is 1. The van der Waals surface area contributed by atoms with Crippen LogP contribution in [0.2, 0.25) is 5.02 Å². The molecule has 1 amide bonds. The number of halogens is 1. The van der Waals surface area contributed by atoms with Crippen molar-refractivity contribution in [3.63, 3.8) is 0 Å². The Kier molecular flexibility index (Phi) is 7.86. The number of carbonyl (C=O) groups is 2. The van der Waals surface area contributed by atoms with Gasteiger partial charge in [0.1, 0.15) is 0 Å². The number of fused-ring (bicyclic) bond motifs is 1. The van der Waals surface area contributed by atoms with Gasteiger partial charge < -0.3 is 4.90 Å². The van der Waals surface area contributed by atoms with Crippen molar-refractivity contribution in [1.82, 2.24) is 14.9 Å². The number of rotatable bonds is 8. The topological polar surface area (TPSA) is 63.2 Å². The molecule has 0 unspecified atom stereocenters. The fraction of sp³-hybridized carbons (Fsp3) is 0.222. The normalized spacial score (nSPS) is 13.4. The Labute approximate surface area is 251 Å². The number of Topliss-reactive ketones (excluding diaryl/α,β-unsaturated/α-hetero) is 1. The van der Waals surface area contributed by atoms with Crippen LogP contribution in [0.25, 0.3) is 21.9 Å². The lowest BCUT2D eigenvalue weighted by Gasteiger charge is -2.39. The van der Waals surface area contributed by atoms with E-state index in [1.807, 2.05) is 35.5 Å². The molecule has 0 aliphatic carbocycles. The lowest BCUT2D eigenvalue weighted by Crippen LogP contribution is -2.48. The Balaban J connectivity index is 1.08. The number of nitrogens with zero attached hydrogens (tertiary/aromatic N) is 3. The molecule has 42 heavy (non-hydrogen) atoms. The molecule has 1 aliphatic rings. The summed E-state index contributed by atoms with van der Waals surface area (Å²) in [6, 6.07) is 26.0. The summed E-state index contributed by atoms with van der Waals surface area (Å²) in [5.41, 5.74) is 6.27. The van der Waals surface area contributed by atoms with E-state index in [2.05, 4.69) is 66.3 Å². The molecule has 1 saturated heterocycles. The van der Waals surface area contributed by atoms with Crippen molar-refractivity contribution >= 4 is 34.1 Å². The average Bonchev–Trinajstić information content (AvgIpc) is 2.97. The van der Waals surface area contributed by atoms with Gasteiger partial charge in [0.25, 0.3) is 5.91 Å². The minimum Gasteiger partial charge on any atom is -0.337 e. The first kappa shape index (κ1) is 27.8. The maximum Gasteiger partial charge on any atom is 0.253 e. The molecule has 1 fully saturated rings. The van der Waals surface area contributed by atoms with Gasteiger partial charge in [-0.1, -0.05) is 61.8 Å². The third-order valence-corrected chi connectivity index (χ3v) is 8.30. The largest absolute Gasteiger partial charge is 0.337 e. The molecule has 210 valence electrons. The first-order chi connectivity index (χ1) is 20.3. The van der Waals surface area contributed by atoms with Crippen LogP contribution in [0.4, 0.5) is 0 Å². The van der Waals surface area contributed by atoms with Gasteiger partial charge in [-0.3, -0.25) is 19.6 Å². The zero-order chi connectivity index (χ0) is 29.2. The minimum atomic E-state index is -0.0711. The highest BCUT2D eigenvalue weighted by Crippen LogP contribution is 2.32. The van der Waals surface area contributed by atoms with Gasteiger partial charge in [0.2, 0.25) is 0 Å². The minimum absolute atomic E-state index is 0.0430. The predicted octanol–water partition coefficient (Wildman–Crippen LogP) is 7.81. The number of carbonyl (C=O) groups excluding carboxylic acids is 2. The van der Waals surface area contributed by atoms with Gasteiger partial charge in [-0.05, 0) is 82.4 Å². The molecule has 5 nitrogen and oxygen atoms in total. The summed E-state index contributed by atoms with van der Waals surface area (Å²) in [6.45, 7) is 5.60. The fourth-order valence-electron chi connectivity index (χ4n) is 5.50. The lowest BCUT2D eigenvalue weighted by molar-refractivity contribution is 0.0602. The zero-order valence-corrected chi connectivity index (χ0v) is 24.5. The molecule has 0 spiro atoms. The third-order valence-electron chi connectivity index (χ3n) is 7.93. The van der Waals surface area contributed by atoms with E-state index < -0.39 is 0 Å². The van der Waals surface area contributed by atoms with Crippen molar-refractivity contribution in [3.05, 3.63) is 130 Å². The average molecular weight is 574 g/mol. The molecule has 3 heterocycles. The second-order valence-corrected chi connectivity index (χ2v) is 11.9. The van der Waals surface area contributed by atoms with E-state index in [1.165, 1.54) is 16.5 Å². The first-order valence-corrected chi connectivity index (χ1v) is 14.7. The van der Waals surface area contributed by atoms with Crippen LogP contribution in [0.5, 0.6) is 0 Å². The molecule has 2 aromatic heterocycles. The maximum absolute atomic E-state index is 13.3. The van der Waals surface area contributed by atoms with Crippen LogP contribution < -0.4 is 0 Å². The smallest absolute Gasteiger partial charge is 0.253 e. The van der Waals surface area contributed by atoms with Gasteiger partial charge in [0.05, 0.1) is 0 Å². The predicted molar refractivity (Wildman–Crippen MR) is 168 cm³/mol. The standard InChI is InChI=1S/C36H32ClN3O2/c1-23(2)15-33-11-9-30(20-39-33)35(41)18-31-17-28(10-12-34(31)37)36(42)40-21-32(22-40)25-5-3-24(4-6-25)26-7-8-29-19-38-14-13-27(29)16-26/h3-14,16-17,19-20,23,32H,15,18,21-22H2,1-2H3. The van der Waals surface area contributed by atoms with Gasteiger partial charge in [-0.25, -0.2) is 0 Å². The number of benzene rings is 3. The zero-order valence-electron chi connectivity index (χ0n) is 23.8. The van der Waals surface area contributed by atoms with Gasteiger partial charge in [-0.15, -0.1) is 0 Å². The molecule has 5 aromatic rings. The van der Waals surface area contributed by atoms with E-state index in [1.54, 1.807) is 24.4 Å². The van der Waals surface area contributed by atoms with E-state index in [4.69, 9.17) is 11.6 Å². The SMILES string of the molecule is CC(C)Cc1ccc(C(=O)Cc2cc(C(=O)N3CC(c4ccc(-c5ccc6cnccc6c5)cc4)C3)ccc2Cl)cn1. The van der Waals surface area contributed by atoms with Gasteiger partial charge in [0, 0.05) is 71.2 Å².